The smallest absolute Gasteiger partial charge is 0.215 e. The molecule has 0 radical (unpaired) electrons. The Morgan fingerprint density at radius 1 is 1.42 bits per heavy atom. The molecule has 3 nitrogen and oxygen atoms in total. The second-order valence-electron chi connectivity index (χ2n) is 4.02. The van der Waals surface area contributed by atoms with Crippen LogP contribution in [0.1, 0.15) is 29.4 Å². The lowest BCUT2D eigenvalue weighted by Gasteiger charge is -2.07. The monoisotopic (exact) mass is 388 g/mol. The summed E-state index contributed by atoms with van der Waals surface area (Å²) in [6.07, 6.45) is 2.40. The number of carbonyl (C=O) groups is 1. The predicted octanol–water partition coefficient (Wildman–Crippen LogP) is 4.19. The Bertz CT molecular complexity index is 625. The lowest BCUT2D eigenvalue weighted by atomic mass is 10.1. The molecule has 0 fully saturated rings. The van der Waals surface area contributed by atoms with E-state index in [2.05, 4.69) is 37.0 Å². The van der Waals surface area contributed by atoms with Gasteiger partial charge in [-0.15, -0.1) is 0 Å². The quantitative estimate of drug-likeness (QED) is 0.735. The van der Waals surface area contributed by atoms with Gasteiger partial charge >= 0.3 is 0 Å². The molecule has 1 aromatic heterocycles. The molecular formula is C13H11Br2FN2O. The van der Waals surface area contributed by atoms with E-state index in [1.165, 1.54) is 12.1 Å². The van der Waals surface area contributed by atoms with Crippen molar-refractivity contribution < 1.29 is 9.18 Å². The predicted molar refractivity (Wildman–Crippen MR) is 77.8 cm³/mol. The van der Waals surface area contributed by atoms with Crippen LogP contribution in [0.3, 0.4) is 0 Å². The highest BCUT2D eigenvalue weighted by molar-refractivity contribution is 9.10. The van der Waals surface area contributed by atoms with Crippen LogP contribution in [0.25, 0.3) is 0 Å². The van der Waals surface area contributed by atoms with Gasteiger partial charge in [0, 0.05) is 11.0 Å². The number of aromatic nitrogens is 2. The van der Waals surface area contributed by atoms with Crippen LogP contribution in [0, 0.1) is 5.82 Å². The summed E-state index contributed by atoms with van der Waals surface area (Å²) in [5.74, 6) is -0.916. The summed E-state index contributed by atoms with van der Waals surface area (Å²) < 4.78 is 16.6. The zero-order valence-electron chi connectivity index (χ0n) is 10.2. The molecule has 0 aliphatic carbocycles. The van der Waals surface area contributed by atoms with Crippen molar-refractivity contribution in [2.24, 2.45) is 0 Å². The number of hydrogen-bond donors (Lipinski definition) is 0. The van der Waals surface area contributed by atoms with Gasteiger partial charge in [0.05, 0.1) is 16.2 Å². The summed E-state index contributed by atoms with van der Waals surface area (Å²) in [6.45, 7) is 2.60. The molecule has 19 heavy (non-hydrogen) atoms. The minimum Gasteiger partial charge on any atom is -0.287 e. The molecule has 1 aromatic carbocycles. The number of nitrogens with zero attached hydrogens (tertiary/aromatic N) is 2. The molecule has 0 saturated carbocycles. The number of rotatable bonds is 4. The molecule has 0 atom stereocenters. The van der Waals surface area contributed by atoms with Gasteiger partial charge in [0.25, 0.3) is 0 Å². The standard InChI is InChI=1S/C13H11Br2FN2O/c1-2-5-18-12(10(15)7-17-18)13(19)9-6-8(14)3-4-11(9)16/h3-4,6-7H,2,5H2,1H3. The number of halogens is 3. The summed E-state index contributed by atoms with van der Waals surface area (Å²) in [7, 11) is 0. The normalized spacial score (nSPS) is 10.7. The lowest BCUT2D eigenvalue weighted by Crippen LogP contribution is -2.13. The molecule has 0 aliphatic rings. The molecule has 0 unspecified atom stereocenters. The highest BCUT2D eigenvalue weighted by Crippen LogP contribution is 2.23. The van der Waals surface area contributed by atoms with E-state index in [4.69, 9.17) is 0 Å². The third-order valence-electron chi connectivity index (χ3n) is 2.62. The lowest BCUT2D eigenvalue weighted by molar-refractivity contribution is 0.102. The Balaban J connectivity index is 2.49. The van der Waals surface area contributed by atoms with Gasteiger partial charge in [-0.1, -0.05) is 22.9 Å². The second kappa shape index (κ2) is 5.96. The highest BCUT2D eigenvalue weighted by atomic mass is 79.9. The SMILES string of the molecule is CCCn1ncc(Br)c1C(=O)c1cc(Br)ccc1F. The van der Waals surface area contributed by atoms with E-state index in [1.54, 1.807) is 16.9 Å². The summed E-state index contributed by atoms with van der Waals surface area (Å²) in [6, 6.07) is 4.31. The Hall–Kier alpha value is -1.01. The number of hydrogen-bond acceptors (Lipinski definition) is 2. The van der Waals surface area contributed by atoms with Gasteiger partial charge in [-0.05, 0) is 40.5 Å². The van der Waals surface area contributed by atoms with Crippen LogP contribution in [-0.4, -0.2) is 15.6 Å². The summed E-state index contributed by atoms with van der Waals surface area (Å²) in [5, 5.41) is 4.12. The fraction of sp³-hybridized carbons (Fsp3) is 0.231. The molecule has 0 spiro atoms. The van der Waals surface area contributed by atoms with E-state index in [1.807, 2.05) is 6.92 Å². The topological polar surface area (TPSA) is 34.9 Å². The number of carbonyl (C=O) groups excluding carboxylic acids is 1. The van der Waals surface area contributed by atoms with Crippen molar-refractivity contribution in [2.75, 3.05) is 0 Å². The van der Waals surface area contributed by atoms with Crippen molar-refractivity contribution >= 4 is 37.6 Å². The first kappa shape index (κ1) is 14.4. The minimum atomic E-state index is -0.538. The van der Waals surface area contributed by atoms with Crippen molar-refractivity contribution in [3.63, 3.8) is 0 Å². The van der Waals surface area contributed by atoms with Gasteiger partial charge in [-0.3, -0.25) is 9.48 Å². The molecule has 2 rings (SSSR count). The van der Waals surface area contributed by atoms with Crippen LogP contribution in [-0.2, 0) is 6.54 Å². The van der Waals surface area contributed by atoms with Crippen LogP contribution in [0.4, 0.5) is 4.39 Å². The third-order valence-corrected chi connectivity index (χ3v) is 3.69. The molecule has 6 heteroatoms. The fourth-order valence-corrected chi connectivity index (χ4v) is 2.61. The van der Waals surface area contributed by atoms with Crippen molar-refractivity contribution in [1.29, 1.82) is 0 Å². The van der Waals surface area contributed by atoms with Gasteiger partial charge in [0.15, 0.2) is 0 Å². The Labute approximate surface area is 127 Å². The van der Waals surface area contributed by atoms with Crippen molar-refractivity contribution in [1.82, 2.24) is 9.78 Å². The number of aryl methyl sites for hydroxylation is 1. The van der Waals surface area contributed by atoms with Gasteiger partial charge in [-0.25, -0.2) is 4.39 Å². The first-order chi connectivity index (χ1) is 9.04. The van der Waals surface area contributed by atoms with Crippen molar-refractivity contribution in [3.05, 3.63) is 50.4 Å². The minimum absolute atomic E-state index is 0.0351. The van der Waals surface area contributed by atoms with Gasteiger partial charge in [0.2, 0.25) is 5.78 Å². The maximum atomic E-state index is 13.8. The Morgan fingerprint density at radius 2 is 2.16 bits per heavy atom. The van der Waals surface area contributed by atoms with Crippen LogP contribution in [0.5, 0.6) is 0 Å². The molecule has 0 bridgehead atoms. The number of benzene rings is 1. The third kappa shape index (κ3) is 2.95. The molecule has 0 aliphatic heterocycles. The Morgan fingerprint density at radius 3 is 2.84 bits per heavy atom. The number of ketones is 1. The van der Waals surface area contributed by atoms with Crippen molar-refractivity contribution in [2.45, 2.75) is 19.9 Å². The average molecular weight is 390 g/mol. The largest absolute Gasteiger partial charge is 0.287 e. The molecule has 0 N–H and O–H groups in total. The van der Waals surface area contributed by atoms with E-state index in [-0.39, 0.29) is 11.3 Å². The molecular weight excluding hydrogens is 379 g/mol. The highest BCUT2D eigenvalue weighted by Gasteiger charge is 2.21. The van der Waals surface area contributed by atoms with E-state index < -0.39 is 5.82 Å². The summed E-state index contributed by atoms with van der Waals surface area (Å²) >= 11 is 6.53. The second-order valence-corrected chi connectivity index (χ2v) is 5.79. The summed E-state index contributed by atoms with van der Waals surface area (Å²) in [4.78, 5) is 12.4. The van der Waals surface area contributed by atoms with E-state index in [9.17, 15) is 9.18 Å². The zero-order chi connectivity index (χ0) is 14.0. The van der Waals surface area contributed by atoms with Crippen molar-refractivity contribution in [3.8, 4) is 0 Å². The molecule has 1 heterocycles. The van der Waals surface area contributed by atoms with E-state index >= 15 is 0 Å². The zero-order valence-corrected chi connectivity index (χ0v) is 13.3. The molecule has 0 amide bonds. The van der Waals surface area contributed by atoms with Crippen LogP contribution in [0.2, 0.25) is 0 Å². The van der Waals surface area contributed by atoms with Crippen LogP contribution < -0.4 is 0 Å². The molecule has 2 aromatic rings. The first-order valence-electron chi connectivity index (χ1n) is 5.75. The fourth-order valence-electron chi connectivity index (χ4n) is 1.77. The summed E-state index contributed by atoms with van der Waals surface area (Å²) in [5.41, 5.74) is 0.409. The van der Waals surface area contributed by atoms with E-state index in [0.29, 0.717) is 21.2 Å². The molecule has 100 valence electrons. The van der Waals surface area contributed by atoms with Gasteiger partial charge in [-0.2, -0.15) is 5.10 Å². The van der Waals surface area contributed by atoms with E-state index in [0.717, 1.165) is 6.42 Å². The van der Waals surface area contributed by atoms with Gasteiger partial charge in [0.1, 0.15) is 11.5 Å². The maximum absolute atomic E-state index is 13.8. The Kier molecular flexibility index (Phi) is 4.52. The molecule has 0 saturated heterocycles. The van der Waals surface area contributed by atoms with Crippen LogP contribution >= 0.6 is 31.9 Å². The maximum Gasteiger partial charge on any atom is 0.215 e. The first-order valence-corrected chi connectivity index (χ1v) is 7.34. The average Bonchev–Trinajstić information content (AvgIpc) is 2.73. The van der Waals surface area contributed by atoms with Crippen LogP contribution in [0.15, 0.2) is 33.3 Å². The van der Waals surface area contributed by atoms with Gasteiger partial charge < -0.3 is 0 Å².